The molecule has 0 saturated carbocycles. The SMILES string of the molecule is CCC.Cn1c(=O)n(CCCCC(C)(C)C)c(=O)n(CC2CO2)c1=O. The molecule has 1 aromatic rings. The molecule has 1 aromatic heterocycles. The molecule has 1 unspecified atom stereocenters. The van der Waals surface area contributed by atoms with Crippen LogP contribution in [0.5, 0.6) is 0 Å². The van der Waals surface area contributed by atoms with Gasteiger partial charge in [-0.15, -0.1) is 0 Å². The highest BCUT2D eigenvalue weighted by Crippen LogP contribution is 2.21. The molecule has 7 nitrogen and oxygen atoms in total. The van der Waals surface area contributed by atoms with E-state index in [-0.39, 0.29) is 18.1 Å². The summed E-state index contributed by atoms with van der Waals surface area (Å²) >= 11 is 0. The topological polar surface area (TPSA) is 78.5 Å². The molecule has 1 aliphatic heterocycles. The molecule has 1 fully saturated rings. The maximum atomic E-state index is 12.4. The first-order valence-corrected chi connectivity index (χ1v) is 9.14. The average molecular weight is 355 g/mol. The van der Waals surface area contributed by atoms with Gasteiger partial charge in [-0.25, -0.2) is 28.1 Å². The lowest BCUT2D eigenvalue weighted by molar-refractivity contribution is 0.344. The van der Waals surface area contributed by atoms with E-state index in [2.05, 4.69) is 34.6 Å². The van der Waals surface area contributed by atoms with Crippen molar-refractivity contribution in [3.05, 3.63) is 31.5 Å². The van der Waals surface area contributed by atoms with Crippen molar-refractivity contribution in [1.82, 2.24) is 13.7 Å². The highest BCUT2D eigenvalue weighted by Gasteiger charge is 2.26. The van der Waals surface area contributed by atoms with Crippen molar-refractivity contribution in [2.75, 3.05) is 6.61 Å². The minimum atomic E-state index is -0.573. The van der Waals surface area contributed by atoms with Gasteiger partial charge < -0.3 is 4.74 Å². The van der Waals surface area contributed by atoms with E-state index in [0.29, 0.717) is 13.2 Å². The van der Waals surface area contributed by atoms with Crippen molar-refractivity contribution in [2.24, 2.45) is 12.5 Å². The van der Waals surface area contributed by atoms with Crippen LogP contribution in [0, 0.1) is 5.41 Å². The van der Waals surface area contributed by atoms with Crippen LogP contribution in [-0.2, 0) is 24.9 Å². The summed E-state index contributed by atoms with van der Waals surface area (Å²) < 4.78 is 8.33. The quantitative estimate of drug-likeness (QED) is 0.575. The van der Waals surface area contributed by atoms with Gasteiger partial charge in [-0.2, -0.15) is 0 Å². The monoisotopic (exact) mass is 355 g/mol. The van der Waals surface area contributed by atoms with Crippen molar-refractivity contribution >= 4 is 0 Å². The molecule has 2 rings (SSSR count). The Kier molecular flexibility index (Phi) is 7.86. The molecule has 0 radical (unpaired) electrons. The first-order chi connectivity index (χ1) is 11.6. The van der Waals surface area contributed by atoms with E-state index in [1.54, 1.807) is 0 Å². The minimum Gasteiger partial charge on any atom is -0.371 e. The molecule has 7 heteroatoms. The van der Waals surface area contributed by atoms with Crippen LogP contribution in [0.1, 0.15) is 60.3 Å². The third-order valence-corrected chi connectivity index (χ3v) is 3.84. The Labute approximate surface area is 149 Å². The Bertz CT molecular complexity index is 718. The highest BCUT2D eigenvalue weighted by molar-refractivity contribution is 4.81. The molecule has 2 heterocycles. The second kappa shape index (κ2) is 9.17. The van der Waals surface area contributed by atoms with Crippen LogP contribution in [0.3, 0.4) is 0 Å². The van der Waals surface area contributed by atoms with E-state index in [9.17, 15) is 14.4 Å². The third kappa shape index (κ3) is 6.65. The summed E-state index contributed by atoms with van der Waals surface area (Å²) in [6.07, 6.45) is 3.86. The summed E-state index contributed by atoms with van der Waals surface area (Å²) in [5, 5.41) is 0. The predicted octanol–water partition coefficient (Wildman–Crippen LogP) is 1.74. The maximum Gasteiger partial charge on any atom is 0.336 e. The number of epoxide rings is 1. The normalized spacial score (nSPS) is 16.3. The number of nitrogens with zero attached hydrogens (tertiary/aromatic N) is 3. The number of rotatable bonds is 6. The molecule has 1 aliphatic rings. The molecule has 0 aromatic carbocycles. The largest absolute Gasteiger partial charge is 0.371 e. The summed E-state index contributed by atoms with van der Waals surface area (Å²) in [4.78, 5) is 36.6. The summed E-state index contributed by atoms with van der Waals surface area (Å²) in [5.41, 5.74) is -1.41. The van der Waals surface area contributed by atoms with Crippen LogP contribution in [0.25, 0.3) is 0 Å². The molecule has 1 saturated heterocycles. The Morgan fingerprint density at radius 1 is 1.00 bits per heavy atom. The second-order valence-electron chi connectivity index (χ2n) is 7.85. The van der Waals surface area contributed by atoms with E-state index in [0.717, 1.165) is 33.0 Å². The predicted molar refractivity (Wildman–Crippen MR) is 99.2 cm³/mol. The number of aromatic nitrogens is 3. The van der Waals surface area contributed by atoms with E-state index in [4.69, 9.17) is 4.74 Å². The molecular weight excluding hydrogens is 322 g/mol. The molecule has 144 valence electrons. The standard InChI is InChI=1S/C15H25N3O4.C3H8/c1-15(2,3)7-5-6-8-17-12(19)16(4)13(20)18(14(17)21)9-11-10-22-11;1-3-2/h11H,5-10H2,1-4H3;3H2,1-2H3. The zero-order valence-electron chi connectivity index (χ0n) is 16.5. The van der Waals surface area contributed by atoms with Gasteiger partial charge in [0.15, 0.2) is 0 Å². The van der Waals surface area contributed by atoms with Gasteiger partial charge in [0.2, 0.25) is 0 Å². The van der Waals surface area contributed by atoms with Crippen LogP contribution in [0.15, 0.2) is 14.4 Å². The van der Waals surface area contributed by atoms with Crippen LogP contribution >= 0.6 is 0 Å². The first-order valence-electron chi connectivity index (χ1n) is 9.14. The van der Waals surface area contributed by atoms with Gasteiger partial charge in [0.05, 0.1) is 19.3 Å². The number of unbranched alkanes of at least 4 members (excludes halogenated alkanes) is 1. The molecule has 0 amide bonds. The first kappa shape index (κ1) is 21.4. The molecule has 0 bridgehead atoms. The molecule has 1 atom stereocenters. The summed E-state index contributed by atoms with van der Waals surface area (Å²) in [6.45, 7) is 11.8. The number of hydrogen-bond donors (Lipinski definition) is 0. The minimum absolute atomic E-state index is 0.0859. The molecular formula is C18H33N3O4. The number of hydrogen-bond acceptors (Lipinski definition) is 4. The van der Waals surface area contributed by atoms with E-state index < -0.39 is 17.1 Å². The van der Waals surface area contributed by atoms with E-state index >= 15 is 0 Å². The highest BCUT2D eigenvalue weighted by atomic mass is 16.6. The van der Waals surface area contributed by atoms with Crippen molar-refractivity contribution < 1.29 is 4.74 Å². The van der Waals surface area contributed by atoms with E-state index in [1.165, 1.54) is 13.5 Å². The van der Waals surface area contributed by atoms with Gasteiger partial charge in [0, 0.05) is 13.6 Å². The Morgan fingerprint density at radius 2 is 1.52 bits per heavy atom. The Balaban J connectivity index is 0.000000970. The van der Waals surface area contributed by atoms with Crippen LogP contribution in [-0.4, -0.2) is 26.4 Å². The maximum absolute atomic E-state index is 12.4. The lowest BCUT2D eigenvalue weighted by atomic mass is 9.90. The Morgan fingerprint density at radius 3 is 2.00 bits per heavy atom. The summed E-state index contributed by atoms with van der Waals surface area (Å²) in [5.74, 6) is 0. The van der Waals surface area contributed by atoms with Crippen molar-refractivity contribution in [3.8, 4) is 0 Å². The fourth-order valence-electron chi connectivity index (χ4n) is 2.40. The van der Waals surface area contributed by atoms with Gasteiger partial charge in [-0.1, -0.05) is 47.5 Å². The fourth-order valence-corrected chi connectivity index (χ4v) is 2.40. The summed E-state index contributed by atoms with van der Waals surface area (Å²) in [6, 6.07) is 0. The molecule has 0 N–H and O–H groups in total. The lowest BCUT2D eigenvalue weighted by Crippen LogP contribution is -2.54. The smallest absolute Gasteiger partial charge is 0.336 e. The fraction of sp³-hybridized carbons (Fsp3) is 0.833. The third-order valence-electron chi connectivity index (χ3n) is 3.84. The zero-order chi connectivity index (χ0) is 19.2. The van der Waals surface area contributed by atoms with Gasteiger partial charge in [-0.3, -0.25) is 0 Å². The zero-order valence-corrected chi connectivity index (χ0v) is 16.5. The van der Waals surface area contributed by atoms with Crippen molar-refractivity contribution in [3.63, 3.8) is 0 Å². The Hall–Kier alpha value is -1.63. The van der Waals surface area contributed by atoms with Crippen LogP contribution in [0.4, 0.5) is 0 Å². The molecule has 0 aliphatic carbocycles. The van der Waals surface area contributed by atoms with E-state index in [1.807, 2.05) is 0 Å². The van der Waals surface area contributed by atoms with Crippen LogP contribution < -0.4 is 17.1 Å². The molecule has 25 heavy (non-hydrogen) atoms. The second-order valence-corrected chi connectivity index (χ2v) is 7.85. The molecule has 0 spiro atoms. The number of ether oxygens (including phenoxy) is 1. The van der Waals surface area contributed by atoms with Gasteiger partial charge in [0.25, 0.3) is 0 Å². The van der Waals surface area contributed by atoms with Gasteiger partial charge in [0.1, 0.15) is 0 Å². The van der Waals surface area contributed by atoms with Crippen molar-refractivity contribution in [1.29, 1.82) is 0 Å². The van der Waals surface area contributed by atoms with Gasteiger partial charge >= 0.3 is 17.1 Å². The lowest BCUT2D eigenvalue weighted by Gasteiger charge is -2.17. The van der Waals surface area contributed by atoms with Crippen molar-refractivity contribution in [2.45, 2.75) is 79.5 Å². The van der Waals surface area contributed by atoms with Crippen LogP contribution in [0.2, 0.25) is 0 Å². The average Bonchev–Trinajstić information content (AvgIpc) is 3.33. The van der Waals surface area contributed by atoms with Gasteiger partial charge in [-0.05, 0) is 18.3 Å². The summed E-state index contributed by atoms with van der Waals surface area (Å²) in [7, 11) is 1.40.